The maximum Gasteiger partial charge on any atom is 0.248 e. The highest BCUT2D eigenvalue weighted by Crippen LogP contribution is 2.25. The van der Waals surface area contributed by atoms with Gasteiger partial charge in [-0.15, -0.1) is 0 Å². The maximum absolute atomic E-state index is 11.1. The summed E-state index contributed by atoms with van der Waals surface area (Å²) in [5.74, 6) is -0.413. The van der Waals surface area contributed by atoms with Crippen LogP contribution in [0, 0.1) is 0 Å². The Morgan fingerprint density at radius 3 is 2.29 bits per heavy atom. The van der Waals surface area contributed by atoms with Crippen molar-refractivity contribution in [1.82, 2.24) is 0 Å². The first-order chi connectivity index (χ1) is 10.1. The van der Waals surface area contributed by atoms with Crippen molar-refractivity contribution in [2.75, 3.05) is 5.32 Å². The second-order valence-corrected chi connectivity index (χ2v) is 5.42. The lowest BCUT2D eigenvalue weighted by molar-refractivity contribution is 0.100. The lowest BCUT2D eigenvalue weighted by Gasteiger charge is -2.20. The molecule has 0 aliphatic carbocycles. The van der Waals surface area contributed by atoms with E-state index in [0.717, 1.165) is 23.6 Å². The third-order valence-electron chi connectivity index (χ3n) is 3.36. The van der Waals surface area contributed by atoms with Crippen LogP contribution in [0.25, 0.3) is 0 Å². The minimum absolute atomic E-state index is 0.215. The van der Waals surface area contributed by atoms with Gasteiger partial charge in [0.2, 0.25) is 5.91 Å². The first-order valence-corrected chi connectivity index (χ1v) is 7.40. The molecule has 2 aromatic carbocycles. The minimum atomic E-state index is -0.413. The molecule has 2 aromatic rings. The molecule has 0 saturated carbocycles. The number of rotatable bonds is 6. The molecule has 0 spiro atoms. The number of hydrogen-bond acceptors (Lipinski definition) is 2. The SMILES string of the molecule is CCCC(Nc1ccc(C(N)=O)cc1)c1ccc(Cl)cc1. The summed E-state index contributed by atoms with van der Waals surface area (Å²) >= 11 is 5.94. The van der Waals surface area contributed by atoms with Crippen LogP contribution in [0.1, 0.15) is 41.7 Å². The van der Waals surface area contributed by atoms with Gasteiger partial charge in [-0.25, -0.2) is 0 Å². The maximum atomic E-state index is 11.1. The molecule has 1 unspecified atom stereocenters. The summed E-state index contributed by atoms with van der Waals surface area (Å²) in [6.45, 7) is 2.15. The topological polar surface area (TPSA) is 55.1 Å². The van der Waals surface area contributed by atoms with Crippen LogP contribution < -0.4 is 11.1 Å². The van der Waals surface area contributed by atoms with E-state index in [0.29, 0.717) is 5.56 Å². The van der Waals surface area contributed by atoms with E-state index in [4.69, 9.17) is 17.3 Å². The number of hydrogen-bond donors (Lipinski definition) is 2. The third kappa shape index (κ3) is 4.23. The van der Waals surface area contributed by atoms with Gasteiger partial charge in [-0.2, -0.15) is 0 Å². The normalized spacial score (nSPS) is 11.9. The van der Waals surface area contributed by atoms with Crippen LogP contribution in [0.4, 0.5) is 5.69 Å². The minimum Gasteiger partial charge on any atom is -0.378 e. The van der Waals surface area contributed by atoms with Crippen LogP contribution in [-0.2, 0) is 0 Å². The lowest BCUT2D eigenvalue weighted by Crippen LogP contribution is -2.12. The molecule has 4 heteroatoms. The quantitative estimate of drug-likeness (QED) is 0.831. The van der Waals surface area contributed by atoms with Gasteiger partial charge in [0.1, 0.15) is 0 Å². The Balaban J connectivity index is 2.15. The Bertz CT molecular complexity index is 593. The van der Waals surface area contributed by atoms with Crippen LogP contribution in [0.2, 0.25) is 5.02 Å². The molecule has 1 amide bonds. The third-order valence-corrected chi connectivity index (χ3v) is 3.61. The predicted octanol–water partition coefficient (Wildman–Crippen LogP) is 4.39. The summed E-state index contributed by atoms with van der Waals surface area (Å²) in [7, 11) is 0. The van der Waals surface area contributed by atoms with Gasteiger partial charge in [0, 0.05) is 16.3 Å². The Kier molecular flexibility index (Phi) is 5.23. The molecule has 0 heterocycles. The van der Waals surface area contributed by atoms with Crippen LogP contribution in [0.15, 0.2) is 48.5 Å². The van der Waals surface area contributed by atoms with Gasteiger partial charge >= 0.3 is 0 Å². The number of anilines is 1. The molecule has 3 nitrogen and oxygen atoms in total. The largest absolute Gasteiger partial charge is 0.378 e. The zero-order valence-corrected chi connectivity index (χ0v) is 12.7. The fourth-order valence-corrected chi connectivity index (χ4v) is 2.36. The van der Waals surface area contributed by atoms with Gasteiger partial charge in [-0.05, 0) is 48.4 Å². The average Bonchev–Trinajstić information content (AvgIpc) is 2.48. The van der Waals surface area contributed by atoms with Crippen molar-refractivity contribution in [1.29, 1.82) is 0 Å². The number of benzene rings is 2. The Labute approximate surface area is 130 Å². The van der Waals surface area contributed by atoms with Crippen molar-refractivity contribution in [3.63, 3.8) is 0 Å². The Hall–Kier alpha value is -2.00. The van der Waals surface area contributed by atoms with Gasteiger partial charge in [-0.3, -0.25) is 4.79 Å². The summed E-state index contributed by atoms with van der Waals surface area (Å²) in [6, 6.07) is 15.3. The van der Waals surface area contributed by atoms with Gasteiger partial charge in [0.05, 0.1) is 6.04 Å². The molecule has 0 aliphatic rings. The highest BCUT2D eigenvalue weighted by Gasteiger charge is 2.10. The number of nitrogens with one attached hydrogen (secondary N) is 1. The zero-order chi connectivity index (χ0) is 15.2. The predicted molar refractivity (Wildman–Crippen MR) is 87.7 cm³/mol. The Morgan fingerprint density at radius 1 is 1.14 bits per heavy atom. The fraction of sp³-hybridized carbons (Fsp3) is 0.235. The molecule has 0 aromatic heterocycles. The number of carbonyl (C=O) groups is 1. The summed E-state index contributed by atoms with van der Waals surface area (Å²) in [5, 5.41) is 4.22. The van der Waals surface area contributed by atoms with Crippen molar-refractivity contribution in [3.8, 4) is 0 Å². The van der Waals surface area contributed by atoms with Crippen LogP contribution in [0.5, 0.6) is 0 Å². The number of primary amides is 1. The van der Waals surface area contributed by atoms with E-state index < -0.39 is 5.91 Å². The first kappa shape index (κ1) is 15.4. The summed E-state index contributed by atoms with van der Waals surface area (Å²) in [6.07, 6.45) is 2.08. The Morgan fingerprint density at radius 2 is 1.76 bits per heavy atom. The molecule has 3 N–H and O–H groups in total. The molecule has 21 heavy (non-hydrogen) atoms. The molecule has 0 bridgehead atoms. The molecule has 0 aliphatic heterocycles. The van der Waals surface area contributed by atoms with Crippen molar-refractivity contribution >= 4 is 23.2 Å². The number of nitrogens with two attached hydrogens (primary N) is 1. The van der Waals surface area contributed by atoms with Crippen LogP contribution in [-0.4, -0.2) is 5.91 Å². The molecule has 110 valence electrons. The van der Waals surface area contributed by atoms with Crippen LogP contribution >= 0.6 is 11.6 Å². The van der Waals surface area contributed by atoms with Crippen molar-refractivity contribution in [2.24, 2.45) is 5.73 Å². The molecular weight excluding hydrogens is 284 g/mol. The second-order valence-electron chi connectivity index (χ2n) is 4.98. The molecule has 2 rings (SSSR count). The zero-order valence-electron chi connectivity index (χ0n) is 12.0. The summed E-state index contributed by atoms with van der Waals surface area (Å²) < 4.78 is 0. The fourth-order valence-electron chi connectivity index (χ4n) is 2.24. The van der Waals surface area contributed by atoms with E-state index in [9.17, 15) is 4.79 Å². The van der Waals surface area contributed by atoms with Crippen LogP contribution in [0.3, 0.4) is 0 Å². The van der Waals surface area contributed by atoms with Gasteiger partial charge in [0.15, 0.2) is 0 Å². The van der Waals surface area contributed by atoms with E-state index in [1.807, 2.05) is 36.4 Å². The molecular formula is C17H19ClN2O. The monoisotopic (exact) mass is 302 g/mol. The first-order valence-electron chi connectivity index (χ1n) is 7.02. The molecule has 0 saturated heterocycles. The second kappa shape index (κ2) is 7.14. The van der Waals surface area contributed by atoms with Crippen molar-refractivity contribution in [2.45, 2.75) is 25.8 Å². The van der Waals surface area contributed by atoms with Gasteiger partial charge < -0.3 is 11.1 Å². The molecule has 0 radical (unpaired) electrons. The number of amides is 1. The van der Waals surface area contributed by atoms with Gasteiger partial charge in [-0.1, -0.05) is 37.1 Å². The van der Waals surface area contributed by atoms with E-state index in [1.165, 1.54) is 5.56 Å². The lowest BCUT2D eigenvalue weighted by atomic mass is 10.0. The van der Waals surface area contributed by atoms with E-state index in [-0.39, 0.29) is 6.04 Å². The highest BCUT2D eigenvalue weighted by molar-refractivity contribution is 6.30. The summed E-state index contributed by atoms with van der Waals surface area (Å²) in [5.41, 5.74) is 7.92. The standard InChI is InChI=1S/C17H19ClN2O/c1-2-3-16(12-4-8-14(18)9-5-12)20-15-10-6-13(7-11-15)17(19)21/h4-11,16,20H,2-3H2,1H3,(H2,19,21). The number of halogens is 1. The van der Waals surface area contributed by atoms with E-state index in [1.54, 1.807) is 12.1 Å². The molecule has 0 fully saturated rings. The van der Waals surface area contributed by atoms with Gasteiger partial charge in [0.25, 0.3) is 0 Å². The smallest absolute Gasteiger partial charge is 0.248 e. The summed E-state index contributed by atoms with van der Waals surface area (Å²) in [4.78, 5) is 11.1. The average molecular weight is 303 g/mol. The van der Waals surface area contributed by atoms with Crippen molar-refractivity contribution in [3.05, 3.63) is 64.7 Å². The van der Waals surface area contributed by atoms with E-state index >= 15 is 0 Å². The number of carbonyl (C=O) groups excluding carboxylic acids is 1. The van der Waals surface area contributed by atoms with E-state index in [2.05, 4.69) is 12.2 Å². The highest BCUT2D eigenvalue weighted by atomic mass is 35.5. The van der Waals surface area contributed by atoms with Crippen molar-refractivity contribution < 1.29 is 4.79 Å². The molecule has 1 atom stereocenters.